The van der Waals surface area contributed by atoms with Crippen LogP contribution in [0.25, 0.3) is 11.1 Å². The second kappa shape index (κ2) is 9.65. The van der Waals surface area contributed by atoms with Crippen LogP contribution in [0.4, 0.5) is 0 Å². The fraction of sp³-hybridized carbons (Fsp3) is 0.292. The number of likely N-dealkylation sites (N-methyl/N-ethyl adjacent to an activating group) is 1. The fourth-order valence-electron chi connectivity index (χ4n) is 3.86. The zero-order valence-electron chi connectivity index (χ0n) is 17.9. The Labute approximate surface area is 186 Å². The van der Waals surface area contributed by atoms with E-state index in [-0.39, 0.29) is 30.7 Å². The van der Waals surface area contributed by atoms with E-state index in [4.69, 9.17) is 4.74 Å². The van der Waals surface area contributed by atoms with Gasteiger partial charge in [0.25, 0.3) is 11.8 Å². The van der Waals surface area contributed by atoms with E-state index in [2.05, 4.69) is 20.3 Å². The average Bonchev–Trinajstić information content (AvgIpc) is 2.85. The molecule has 3 aromatic rings. The minimum absolute atomic E-state index is 0.139. The van der Waals surface area contributed by atoms with Crippen molar-refractivity contribution in [1.82, 2.24) is 25.2 Å². The first kappa shape index (κ1) is 21.6. The van der Waals surface area contributed by atoms with Gasteiger partial charge >= 0.3 is 0 Å². The van der Waals surface area contributed by atoms with Crippen LogP contribution in [0.3, 0.4) is 0 Å². The lowest BCUT2D eigenvalue weighted by Crippen LogP contribution is -2.62. The molecule has 164 valence electrons. The van der Waals surface area contributed by atoms with Crippen molar-refractivity contribution in [3.8, 4) is 11.1 Å². The minimum Gasteiger partial charge on any atom is -0.361 e. The summed E-state index contributed by atoms with van der Waals surface area (Å²) in [5, 5.41) is 2.88. The molecule has 1 aliphatic heterocycles. The highest BCUT2D eigenvalue weighted by Gasteiger charge is 2.45. The number of hydrogen-bond donors (Lipinski definition) is 1. The summed E-state index contributed by atoms with van der Waals surface area (Å²) in [7, 11) is 0. The van der Waals surface area contributed by atoms with Gasteiger partial charge in [0.1, 0.15) is 5.69 Å². The zero-order valence-corrected chi connectivity index (χ0v) is 17.9. The molecule has 2 amide bonds. The number of pyridine rings is 1. The topological polar surface area (TPSA) is 97.3 Å². The standard InChI is InChI=1S/C24H25N5O3/c1-2-27-23(31)24(15-18-3-5-19(6-4-18)20-7-9-25-10-8-20)17-29(13-14-32-24)22(30)21-16-26-11-12-28-21/h3-12,16H,2,13-15,17H2,1H3,(H,27,31)/t24-/m1/s1. The van der Waals surface area contributed by atoms with Crippen LogP contribution in [0, 0.1) is 0 Å². The molecule has 0 saturated carbocycles. The van der Waals surface area contributed by atoms with Crippen LogP contribution in [0.5, 0.6) is 0 Å². The number of ether oxygens (including phenoxy) is 1. The molecule has 2 aromatic heterocycles. The van der Waals surface area contributed by atoms with E-state index in [0.717, 1.165) is 16.7 Å². The normalized spacial score (nSPS) is 18.2. The predicted octanol–water partition coefficient (Wildman–Crippen LogP) is 2.13. The van der Waals surface area contributed by atoms with Crippen molar-refractivity contribution in [1.29, 1.82) is 0 Å². The highest BCUT2D eigenvalue weighted by molar-refractivity contribution is 5.93. The Morgan fingerprint density at radius 3 is 2.47 bits per heavy atom. The van der Waals surface area contributed by atoms with Gasteiger partial charge in [-0.25, -0.2) is 4.98 Å². The first-order chi connectivity index (χ1) is 15.6. The highest BCUT2D eigenvalue weighted by Crippen LogP contribution is 2.26. The first-order valence-electron chi connectivity index (χ1n) is 10.6. The Kier molecular flexibility index (Phi) is 6.51. The SMILES string of the molecule is CCNC(=O)[C@@]1(Cc2ccc(-c3ccncc3)cc2)CN(C(=O)c2cnccn2)CCO1. The number of nitrogens with one attached hydrogen (secondary N) is 1. The van der Waals surface area contributed by atoms with Gasteiger partial charge in [0.2, 0.25) is 0 Å². The molecule has 8 heteroatoms. The Morgan fingerprint density at radius 1 is 1.03 bits per heavy atom. The molecular weight excluding hydrogens is 406 g/mol. The molecule has 1 aromatic carbocycles. The fourth-order valence-corrected chi connectivity index (χ4v) is 3.86. The second-order valence-electron chi connectivity index (χ2n) is 7.63. The number of amides is 2. The molecule has 1 saturated heterocycles. The maximum atomic E-state index is 13.1. The van der Waals surface area contributed by atoms with Crippen LogP contribution in [0.2, 0.25) is 0 Å². The maximum absolute atomic E-state index is 13.1. The van der Waals surface area contributed by atoms with Gasteiger partial charge in [-0.3, -0.25) is 19.6 Å². The second-order valence-corrected chi connectivity index (χ2v) is 7.63. The minimum atomic E-state index is -1.18. The lowest BCUT2D eigenvalue weighted by molar-refractivity contribution is -0.157. The predicted molar refractivity (Wildman–Crippen MR) is 119 cm³/mol. The molecule has 32 heavy (non-hydrogen) atoms. The van der Waals surface area contributed by atoms with E-state index in [9.17, 15) is 9.59 Å². The number of hydrogen-bond acceptors (Lipinski definition) is 6. The molecule has 8 nitrogen and oxygen atoms in total. The molecular formula is C24H25N5O3. The van der Waals surface area contributed by atoms with Crippen LogP contribution in [-0.2, 0) is 16.0 Å². The van der Waals surface area contributed by atoms with Crippen molar-refractivity contribution in [2.24, 2.45) is 0 Å². The van der Waals surface area contributed by atoms with Crippen molar-refractivity contribution in [2.45, 2.75) is 18.9 Å². The van der Waals surface area contributed by atoms with Gasteiger partial charge in [0, 0.05) is 44.3 Å². The molecule has 4 rings (SSSR count). The van der Waals surface area contributed by atoms with E-state index < -0.39 is 5.60 Å². The van der Waals surface area contributed by atoms with Crippen LogP contribution in [0.15, 0.2) is 67.4 Å². The summed E-state index contributed by atoms with van der Waals surface area (Å²) in [6.07, 6.45) is 8.29. The Hall–Kier alpha value is -3.65. The monoisotopic (exact) mass is 431 g/mol. The first-order valence-corrected chi connectivity index (χ1v) is 10.6. The molecule has 1 fully saturated rings. The molecule has 1 aliphatic rings. The van der Waals surface area contributed by atoms with Gasteiger partial charge in [0.15, 0.2) is 5.60 Å². The zero-order chi connectivity index (χ0) is 22.4. The summed E-state index contributed by atoms with van der Waals surface area (Å²) in [5.41, 5.74) is 2.15. The molecule has 0 radical (unpaired) electrons. The largest absolute Gasteiger partial charge is 0.361 e. The third-order valence-electron chi connectivity index (χ3n) is 5.46. The van der Waals surface area contributed by atoms with E-state index in [1.807, 2.05) is 43.3 Å². The summed E-state index contributed by atoms with van der Waals surface area (Å²) < 4.78 is 6.06. The molecule has 3 heterocycles. The van der Waals surface area contributed by atoms with Crippen molar-refractivity contribution in [2.75, 3.05) is 26.2 Å². The van der Waals surface area contributed by atoms with Gasteiger partial charge in [-0.05, 0) is 35.7 Å². The smallest absolute Gasteiger partial charge is 0.274 e. The van der Waals surface area contributed by atoms with Gasteiger partial charge in [-0.2, -0.15) is 0 Å². The van der Waals surface area contributed by atoms with Crippen molar-refractivity contribution in [3.63, 3.8) is 0 Å². The number of morpholine rings is 1. The van der Waals surface area contributed by atoms with Gasteiger partial charge in [-0.1, -0.05) is 24.3 Å². The number of nitrogens with zero attached hydrogens (tertiary/aromatic N) is 4. The van der Waals surface area contributed by atoms with Crippen molar-refractivity contribution < 1.29 is 14.3 Å². The third kappa shape index (κ3) is 4.65. The number of aromatic nitrogens is 3. The van der Waals surface area contributed by atoms with Gasteiger partial charge in [0.05, 0.1) is 19.3 Å². The number of carbonyl (C=O) groups excluding carboxylic acids is 2. The van der Waals surface area contributed by atoms with Crippen molar-refractivity contribution >= 4 is 11.8 Å². The van der Waals surface area contributed by atoms with Crippen LogP contribution < -0.4 is 5.32 Å². The quantitative estimate of drug-likeness (QED) is 0.642. The lowest BCUT2D eigenvalue weighted by Gasteiger charge is -2.41. The Morgan fingerprint density at radius 2 is 1.78 bits per heavy atom. The van der Waals surface area contributed by atoms with Crippen LogP contribution in [0.1, 0.15) is 23.0 Å². The Balaban J connectivity index is 1.57. The van der Waals surface area contributed by atoms with Gasteiger partial charge < -0.3 is 15.0 Å². The van der Waals surface area contributed by atoms with Crippen LogP contribution >= 0.6 is 0 Å². The summed E-state index contributed by atoms with van der Waals surface area (Å²) in [4.78, 5) is 39.8. The molecule has 0 unspecified atom stereocenters. The summed E-state index contributed by atoms with van der Waals surface area (Å²) in [6.45, 7) is 3.12. The number of benzene rings is 1. The van der Waals surface area contributed by atoms with E-state index in [1.54, 1.807) is 17.3 Å². The molecule has 0 spiro atoms. The summed E-state index contributed by atoms with van der Waals surface area (Å²) in [6, 6.07) is 11.9. The Bertz CT molecular complexity index is 1060. The lowest BCUT2D eigenvalue weighted by atomic mass is 9.90. The van der Waals surface area contributed by atoms with E-state index in [1.165, 1.54) is 18.6 Å². The van der Waals surface area contributed by atoms with Crippen LogP contribution in [-0.4, -0.2) is 63.5 Å². The van der Waals surface area contributed by atoms with Crippen molar-refractivity contribution in [3.05, 3.63) is 78.6 Å². The third-order valence-corrected chi connectivity index (χ3v) is 5.46. The van der Waals surface area contributed by atoms with E-state index >= 15 is 0 Å². The summed E-state index contributed by atoms with van der Waals surface area (Å²) in [5.74, 6) is -0.488. The molecule has 1 atom stereocenters. The maximum Gasteiger partial charge on any atom is 0.274 e. The van der Waals surface area contributed by atoms with E-state index in [0.29, 0.717) is 19.5 Å². The number of carbonyl (C=O) groups is 2. The average molecular weight is 431 g/mol. The summed E-state index contributed by atoms with van der Waals surface area (Å²) >= 11 is 0. The number of rotatable bonds is 6. The highest BCUT2D eigenvalue weighted by atomic mass is 16.5. The van der Waals surface area contributed by atoms with Gasteiger partial charge in [-0.15, -0.1) is 0 Å². The molecule has 0 bridgehead atoms. The molecule has 1 N–H and O–H groups in total. The molecule has 0 aliphatic carbocycles.